The third-order valence-corrected chi connectivity index (χ3v) is 6.18. The standard InChI is InChI=1S/C21H27N7O/c1-12(2)28-13(3)24-17-9-23-20(8-18(17)28)25-19-4-5-22-21(26-19)27-10-14-6-16(29)7-15(14)11-27/h4-5,8-9,12,14-16,29H,6-7,10-11H2,1-3H3,(H,22,23,25,26)/t14-,15+,16?. The molecule has 3 atom stereocenters. The van der Waals surface area contributed by atoms with E-state index in [1.807, 2.05) is 19.1 Å². The average Bonchev–Trinajstić information content (AvgIpc) is 3.31. The molecule has 0 amide bonds. The number of nitrogens with zero attached hydrogens (tertiary/aromatic N) is 6. The first kappa shape index (κ1) is 18.3. The topological polar surface area (TPSA) is 92.0 Å². The van der Waals surface area contributed by atoms with Crippen molar-refractivity contribution in [2.24, 2.45) is 11.8 Å². The molecule has 2 aliphatic rings. The van der Waals surface area contributed by atoms with E-state index in [1.165, 1.54) is 0 Å². The lowest BCUT2D eigenvalue weighted by Crippen LogP contribution is -2.24. The fraction of sp³-hybridized carbons (Fsp3) is 0.524. The first-order valence-corrected chi connectivity index (χ1v) is 10.4. The highest BCUT2D eigenvalue weighted by Gasteiger charge is 2.41. The van der Waals surface area contributed by atoms with Crippen LogP contribution in [0.2, 0.25) is 0 Å². The van der Waals surface area contributed by atoms with Crippen LogP contribution in [0.5, 0.6) is 0 Å². The van der Waals surface area contributed by atoms with Crippen LogP contribution in [0, 0.1) is 18.8 Å². The number of aromatic nitrogens is 5. The number of rotatable bonds is 4. The van der Waals surface area contributed by atoms with Crippen LogP contribution in [0.3, 0.4) is 0 Å². The third kappa shape index (κ3) is 3.31. The van der Waals surface area contributed by atoms with Gasteiger partial charge in [0.25, 0.3) is 0 Å². The number of aryl methyl sites for hydroxylation is 1. The van der Waals surface area contributed by atoms with Crippen LogP contribution in [-0.2, 0) is 0 Å². The SMILES string of the molecule is Cc1nc2cnc(Nc3ccnc(N4C[C@H]5CC(O)C[C@H]5C4)n3)cc2n1C(C)C. The molecule has 3 aromatic heterocycles. The first-order chi connectivity index (χ1) is 14.0. The maximum absolute atomic E-state index is 9.86. The molecule has 0 aromatic carbocycles. The number of nitrogens with one attached hydrogen (secondary N) is 1. The summed E-state index contributed by atoms with van der Waals surface area (Å²) in [6, 6.07) is 4.22. The van der Waals surface area contributed by atoms with Crippen molar-refractivity contribution in [3.63, 3.8) is 0 Å². The fourth-order valence-corrected chi connectivity index (χ4v) is 4.97. The van der Waals surface area contributed by atoms with E-state index in [0.29, 0.717) is 17.9 Å². The minimum Gasteiger partial charge on any atom is -0.393 e. The molecule has 4 heterocycles. The third-order valence-electron chi connectivity index (χ3n) is 6.18. The fourth-order valence-electron chi connectivity index (χ4n) is 4.97. The Morgan fingerprint density at radius 1 is 1.10 bits per heavy atom. The van der Waals surface area contributed by atoms with Crippen molar-refractivity contribution in [3.8, 4) is 0 Å². The molecule has 3 aromatic rings. The number of anilines is 3. The summed E-state index contributed by atoms with van der Waals surface area (Å²) in [6.45, 7) is 8.17. The van der Waals surface area contributed by atoms with Crippen molar-refractivity contribution in [3.05, 3.63) is 30.4 Å². The lowest BCUT2D eigenvalue weighted by molar-refractivity contribution is 0.174. The molecule has 1 saturated carbocycles. The molecule has 0 spiro atoms. The molecule has 0 bridgehead atoms. The largest absolute Gasteiger partial charge is 0.393 e. The summed E-state index contributed by atoms with van der Waals surface area (Å²) in [5.41, 5.74) is 1.96. The Morgan fingerprint density at radius 3 is 2.59 bits per heavy atom. The van der Waals surface area contributed by atoms with Gasteiger partial charge in [0.15, 0.2) is 0 Å². The van der Waals surface area contributed by atoms with Gasteiger partial charge >= 0.3 is 0 Å². The number of aliphatic hydroxyl groups excluding tert-OH is 1. The van der Waals surface area contributed by atoms with Gasteiger partial charge in [0.1, 0.15) is 23.0 Å². The van der Waals surface area contributed by atoms with Gasteiger partial charge in [-0.15, -0.1) is 0 Å². The van der Waals surface area contributed by atoms with E-state index in [9.17, 15) is 5.11 Å². The van der Waals surface area contributed by atoms with Crippen LogP contribution in [0.25, 0.3) is 11.0 Å². The van der Waals surface area contributed by atoms with Gasteiger partial charge in [0, 0.05) is 31.4 Å². The minimum absolute atomic E-state index is 0.134. The number of hydrogen-bond acceptors (Lipinski definition) is 7. The maximum Gasteiger partial charge on any atom is 0.227 e. The van der Waals surface area contributed by atoms with Crippen LogP contribution in [-0.4, -0.2) is 48.8 Å². The van der Waals surface area contributed by atoms with Crippen molar-refractivity contribution in [1.29, 1.82) is 0 Å². The van der Waals surface area contributed by atoms with E-state index < -0.39 is 0 Å². The lowest BCUT2D eigenvalue weighted by atomic mass is 10.0. The number of imidazole rings is 1. The van der Waals surface area contributed by atoms with Gasteiger partial charge in [-0.25, -0.2) is 15.0 Å². The number of pyridine rings is 1. The first-order valence-electron chi connectivity index (χ1n) is 10.4. The van der Waals surface area contributed by atoms with Crippen molar-refractivity contribution in [2.45, 2.75) is 45.8 Å². The molecule has 1 unspecified atom stereocenters. The van der Waals surface area contributed by atoms with E-state index in [-0.39, 0.29) is 6.10 Å². The second-order valence-corrected chi connectivity index (χ2v) is 8.60. The predicted octanol–water partition coefficient (Wildman–Crippen LogP) is 3.06. The van der Waals surface area contributed by atoms with Crippen molar-refractivity contribution < 1.29 is 5.11 Å². The molecular weight excluding hydrogens is 366 g/mol. The summed E-state index contributed by atoms with van der Waals surface area (Å²) < 4.78 is 2.21. The highest BCUT2D eigenvalue weighted by atomic mass is 16.3. The summed E-state index contributed by atoms with van der Waals surface area (Å²) in [5, 5.41) is 13.2. The Kier molecular flexibility index (Phi) is 4.38. The van der Waals surface area contributed by atoms with Crippen LogP contribution >= 0.6 is 0 Å². The van der Waals surface area contributed by atoms with E-state index in [1.54, 1.807) is 12.4 Å². The Bertz CT molecular complexity index is 1030. The van der Waals surface area contributed by atoms with Crippen molar-refractivity contribution >= 4 is 28.6 Å². The molecule has 8 nitrogen and oxygen atoms in total. The van der Waals surface area contributed by atoms with Crippen LogP contribution in [0.4, 0.5) is 17.6 Å². The Morgan fingerprint density at radius 2 is 1.86 bits per heavy atom. The number of aliphatic hydroxyl groups is 1. The summed E-state index contributed by atoms with van der Waals surface area (Å²) in [7, 11) is 0. The molecule has 1 aliphatic carbocycles. The molecule has 1 aliphatic heterocycles. The second kappa shape index (κ2) is 6.95. The summed E-state index contributed by atoms with van der Waals surface area (Å²) in [5.74, 6) is 4.30. The van der Waals surface area contributed by atoms with Crippen LogP contribution < -0.4 is 10.2 Å². The van der Waals surface area contributed by atoms with Crippen LogP contribution in [0.15, 0.2) is 24.5 Å². The zero-order valence-corrected chi connectivity index (χ0v) is 17.1. The van der Waals surface area contributed by atoms with E-state index in [0.717, 1.165) is 60.4 Å². The molecule has 0 radical (unpaired) electrons. The molecule has 152 valence electrons. The Labute approximate surface area is 170 Å². The molecular formula is C21H27N7O. The van der Waals surface area contributed by atoms with Gasteiger partial charge in [-0.1, -0.05) is 0 Å². The molecule has 29 heavy (non-hydrogen) atoms. The van der Waals surface area contributed by atoms with E-state index in [2.05, 4.69) is 43.6 Å². The van der Waals surface area contributed by atoms with Gasteiger partial charge < -0.3 is 19.9 Å². The van der Waals surface area contributed by atoms with E-state index >= 15 is 0 Å². The summed E-state index contributed by atoms with van der Waals surface area (Å²) in [6.07, 6.45) is 5.25. The van der Waals surface area contributed by atoms with Crippen LogP contribution in [0.1, 0.15) is 38.6 Å². The summed E-state index contributed by atoms with van der Waals surface area (Å²) in [4.78, 5) is 20.5. The lowest BCUT2D eigenvalue weighted by Gasteiger charge is -2.18. The van der Waals surface area contributed by atoms with Gasteiger partial charge in [-0.05, 0) is 51.5 Å². The Balaban J connectivity index is 1.37. The predicted molar refractivity (Wildman–Crippen MR) is 112 cm³/mol. The molecule has 2 N–H and O–H groups in total. The van der Waals surface area contributed by atoms with Crippen molar-refractivity contribution in [2.75, 3.05) is 23.3 Å². The maximum atomic E-state index is 9.86. The second-order valence-electron chi connectivity index (χ2n) is 8.60. The van der Waals surface area contributed by atoms with Gasteiger partial charge in [-0.3, -0.25) is 0 Å². The molecule has 1 saturated heterocycles. The normalized spacial score (nSPS) is 23.9. The Hall–Kier alpha value is -2.74. The molecule has 2 fully saturated rings. The van der Waals surface area contributed by atoms with E-state index in [4.69, 9.17) is 4.98 Å². The monoisotopic (exact) mass is 393 g/mol. The minimum atomic E-state index is -0.134. The highest BCUT2D eigenvalue weighted by molar-refractivity contribution is 5.79. The smallest absolute Gasteiger partial charge is 0.227 e. The van der Waals surface area contributed by atoms with Gasteiger partial charge in [0.05, 0.1) is 17.8 Å². The zero-order valence-electron chi connectivity index (χ0n) is 17.1. The number of fused-ring (bicyclic) bond motifs is 2. The number of hydrogen-bond donors (Lipinski definition) is 2. The molecule has 8 heteroatoms. The highest BCUT2D eigenvalue weighted by Crippen LogP contribution is 2.39. The van der Waals surface area contributed by atoms with Crippen molar-refractivity contribution in [1.82, 2.24) is 24.5 Å². The molecule has 5 rings (SSSR count). The quantitative estimate of drug-likeness (QED) is 0.704. The van der Waals surface area contributed by atoms with Gasteiger partial charge in [-0.2, -0.15) is 4.98 Å². The average molecular weight is 393 g/mol. The zero-order chi connectivity index (χ0) is 20.1. The van der Waals surface area contributed by atoms with Gasteiger partial charge in [0.2, 0.25) is 5.95 Å². The summed E-state index contributed by atoms with van der Waals surface area (Å²) >= 11 is 0.